The standard InChI is InChI=1S/C19H20N2OS/c1-3-13-4-7-17-18(10-13)23-19(20-17)21-9-8-14-11-16(22-2)6-5-15(14)12-21/h4-7,10-11H,3,8-9,12H2,1-2H3. The van der Waals surface area contributed by atoms with Gasteiger partial charge in [-0.1, -0.05) is 30.4 Å². The van der Waals surface area contributed by atoms with Gasteiger partial charge in [0.05, 0.1) is 17.3 Å². The van der Waals surface area contributed by atoms with E-state index in [1.54, 1.807) is 18.4 Å². The Morgan fingerprint density at radius 3 is 2.91 bits per heavy atom. The molecule has 3 aromatic rings. The van der Waals surface area contributed by atoms with E-state index in [-0.39, 0.29) is 0 Å². The normalized spacial score (nSPS) is 14.1. The maximum atomic E-state index is 5.33. The van der Waals surface area contributed by atoms with Crippen LogP contribution in [0.5, 0.6) is 5.75 Å². The van der Waals surface area contributed by atoms with Gasteiger partial charge in [-0.15, -0.1) is 0 Å². The molecule has 23 heavy (non-hydrogen) atoms. The quantitative estimate of drug-likeness (QED) is 0.712. The second kappa shape index (κ2) is 5.85. The highest BCUT2D eigenvalue weighted by atomic mass is 32.1. The van der Waals surface area contributed by atoms with Crippen molar-refractivity contribution in [2.24, 2.45) is 0 Å². The Kier molecular flexibility index (Phi) is 3.69. The smallest absolute Gasteiger partial charge is 0.186 e. The van der Waals surface area contributed by atoms with Crippen LogP contribution in [-0.2, 0) is 19.4 Å². The highest BCUT2D eigenvalue weighted by Gasteiger charge is 2.19. The fourth-order valence-corrected chi connectivity index (χ4v) is 4.19. The first-order valence-electron chi connectivity index (χ1n) is 8.07. The van der Waals surface area contributed by atoms with E-state index in [0.717, 1.165) is 42.3 Å². The molecule has 0 fully saturated rings. The van der Waals surface area contributed by atoms with Crippen molar-refractivity contribution in [2.45, 2.75) is 26.3 Å². The zero-order chi connectivity index (χ0) is 15.8. The number of anilines is 1. The third-order valence-corrected chi connectivity index (χ3v) is 5.62. The molecule has 0 saturated heterocycles. The van der Waals surface area contributed by atoms with Crippen LogP contribution in [0, 0.1) is 0 Å². The second-order valence-electron chi connectivity index (χ2n) is 5.96. The van der Waals surface area contributed by atoms with Crippen molar-refractivity contribution in [3.8, 4) is 5.75 Å². The summed E-state index contributed by atoms with van der Waals surface area (Å²) in [6.07, 6.45) is 2.12. The van der Waals surface area contributed by atoms with E-state index in [2.05, 4.69) is 42.2 Å². The van der Waals surface area contributed by atoms with Gasteiger partial charge in [-0.3, -0.25) is 0 Å². The summed E-state index contributed by atoms with van der Waals surface area (Å²) in [5, 5.41) is 1.13. The van der Waals surface area contributed by atoms with E-state index in [4.69, 9.17) is 9.72 Å². The van der Waals surface area contributed by atoms with Crippen molar-refractivity contribution >= 4 is 26.7 Å². The second-order valence-corrected chi connectivity index (χ2v) is 6.97. The summed E-state index contributed by atoms with van der Waals surface area (Å²) in [5.74, 6) is 0.948. The molecule has 0 aliphatic carbocycles. The molecule has 0 bridgehead atoms. The zero-order valence-corrected chi connectivity index (χ0v) is 14.3. The van der Waals surface area contributed by atoms with Crippen molar-refractivity contribution in [3.63, 3.8) is 0 Å². The van der Waals surface area contributed by atoms with Crippen LogP contribution in [-0.4, -0.2) is 18.6 Å². The van der Waals surface area contributed by atoms with Gasteiger partial charge < -0.3 is 9.64 Å². The molecule has 0 radical (unpaired) electrons. The Labute approximate surface area is 140 Å². The average Bonchev–Trinajstić information content (AvgIpc) is 3.03. The molecule has 0 N–H and O–H groups in total. The van der Waals surface area contributed by atoms with Crippen LogP contribution in [0.3, 0.4) is 0 Å². The molecule has 1 aliphatic rings. The van der Waals surface area contributed by atoms with Gasteiger partial charge in [-0.25, -0.2) is 4.98 Å². The van der Waals surface area contributed by atoms with Gasteiger partial charge in [0.15, 0.2) is 5.13 Å². The lowest BCUT2D eigenvalue weighted by molar-refractivity contribution is 0.414. The molecule has 1 aliphatic heterocycles. The number of fused-ring (bicyclic) bond motifs is 2. The maximum Gasteiger partial charge on any atom is 0.186 e. The molecule has 4 rings (SSSR count). The molecule has 3 nitrogen and oxygen atoms in total. The molecule has 4 heteroatoms. The van der Waals surface area contributed by atoms with Gasteiger partial charge in [0.2, 0.25) is 0 Å². The maximum absolute atomic E-state index is 5.33. The highest BCUT2D eigenvalue weighted by molar-refractivity contribution is 7.22. The van der Waals surface area contributed by atoms with Gasteiger partial charge in [-0.05, 0) is 53.8 Å². The predicted molar refractivity (Wildman–Crippen MR) is 96.7 cm³/mol. The van der Waals surface area contributed by atoms with E-state index < -0.39 is 0 Å². The van der Waals surface area contributed by atoms with Crippen LogP contribution in [0.25, 0.3) is 10.2 Å². The first-order valence-corrected chi connectivity index (χ1v) is 8.88. The summed E-state index contributed by atoms with van der Waals surface area (Å²) in [5.41, 5.74) is 5.27. The summed E-state index contributed by atoms with van der Waals surface area (Å²) in [6.45, 7) is 4.14. The topological polar surface area (TPSA) is 25.4 Å². The summed E-state index contributed by atoms with van der Waals surface area (Å²) >= 11 is 1.81. The highest BCUT2D eigenvalue weighted by Crippen LogP contribution is 2.33. The van der Waals surface area contributed by atoms with E-state index >= 15 is 0 Å². The monoisotopic (exact) mass is 324 g/mol. The number of rotatable bonds is 3. The van der Waals surface area contributed by atoms with Gasteiger partial charge >= 0.3 is 0 Å². The minimum Gasteiger partial charge on any atom is -0.497 e. The molecule has 2 aromatic carbocycles. The van der Waals surface area contributed by atoms with Crippen molar-refractivity contribution < 1.29 is 4.74 Å². The van der Waals surface area contributed by atoms with Gasteiger partial charge in [0, 0.05) is 13.1 Å². The number of hydrogen-bond donors (Lipinski definition) is 0. The fraction of sp³-hybridized carbons (Fsp3) is 0.316. The van der Waals surface area contributed by atoms with Gasteiger partial charge in [0.25, 0.3) is 0 Å². The van der Waals surface area contributed by atoms with E-state index in [1.807, 2.05) is 6.07 Å². The number of methoxy groups -OCH3 is 1. The number of nitrogens with zero attached hydrogens (tertiary/aromatic N) is 2. The van der Waals surface area contributed by atoms with Crippen LogP contribution >= 0.6 is 11.3 Å². The summed E-state index contributed by atoms with van der Waals surface area (Å²) < 4.78 is 6.62. The number of thiazole rings is 1. The summed E-state index contributed by atoms with van der Waals surface area (Å²) in [6, 6.07) is 13.0. The molecule has 118 valence electrons. The third-order valence-electron chi connectivity index (χ3n) is 4.55. The first kappa shape index (κ1) is 14.5. The van der Waals surface area contributed by atoms with Crippen molar-refractivity contribution in [1.29, 1.82) is 0 Å². The van der Waals surface area contributed by atoms with Crippen LogP contribution in [0.15, 0.2) is 36.4 Å². The largest absolute Gasteiger partial charge is 0.497 e. The van der Waals surface area contributed by atoms with Crippen LogP contribution in [0.1, 0.15) is 23.6 Å². The molecule has 2 heterocycles. The Balaban J connectivity index is 1.63. The van der Waals surface area contributed by atoms with Crippen molar-refractivity contribution in [2.75, 3.05) is 18.6 Å². The number of benzene rings is 2. The molecule has 0 amide bonds. The number of hydrogen-bond acceptors (Lipinski definition) is 4. The van der Waals surface area contributed by atoms with Crippen molar-refractivity contribution in [3.05, 3.63) is 53.1 Å². The first-order chi connectivity index (χ1) is 11.3. The Bertz CT molecular complexity index is 856. The lowest BCUT2D eigenvalue weighted by Gasteiger charge is -2.28. The summed E-state index contributed by atoms with van der Waals surface area (Å²) in [4.78, 5) is 7.23. The SMILES string of the molecule is CCc1ccc2nc(N3CCc4cc(OC)ccc4C3)sc2c1. The average molecular weight is 324 g/mol. The Morgan fingerprint density at radius 1 is 1.17 bits per heavy atom. The number of aryl methyl sites for hydroxylation is 1. The molecule has 1 aromatic heterocycles. The van der Waals surface area contributed by atoms with Gasteiger partial charge in [0.1, 0.15) is 5.75 Å². The van der Waals surface area contributed by atoms with Gasteiger partial charge in [-0.2, -0.15) is 0 Å². The minimum absolute atomic E-state index is 0.930. The Morgan fingerprint density at radius 2 is 2.09 bits per heavy atom. The molecular weight excluding hydrogens is 304 g/mol. The molecule has 0 spiro atoms. The van der Waals surface area contributed by atoms with E-state index in [0.29, 0.717) is 0 Å². The zero-order valence-electron chi connectivity index (χ0n) is 13.5. The molecule has 0 atom stereocenters. The number of ether oxygens (including phenoxy) is 1. The lowest BCUT2D eigenvalue weighted by atomic mass is 10.00. The van der Waals surface area contributed by atoms with Crippen LogP contribution in [0.2, 0.25) is 0 Å². The molecule has 0 unspecified atom stereocenters. The number of aromatic nitrogens is 1. The van der Waals surface area contributed by atoms with Crippen LogP contribution in [0.4, 0.5) is 5.13 Å². The molecular formula is C19H20N2OS. The van der Waals surface area contributed by atoms with E-state index in [1.165, 1.54) is 21.4 Å². The van der Waals surface area contributed by atoms with Crippen molar-refractivity contribution in [1.82, 2.24) is 4.98 Å². The fourth-order valence-electron chi connectivity index (χ4n) is 3.13. The minimum atomic E-state index is 0.930. The third kappa shape index (κ3) is 2.68. The lowest BCUT2D eigenvalue weighted by Crippen LogP contribution is -2.30. The van der Waals surface area contributed by atoms with Crippen LogP contribution < -0.4 is 9.64 Å². The Hall–Kier alpha value is -2.07. The summed E-state index contributed by atoms with van der Waals surface area (Å²) in [7, 11) is 1.72. The molecule has 0 saturated carbocycles. The van der Waals surface area contributed by atoms with E-state index in [9.17, 15) is 0 Å². The predicted octanol–water partition coefficient (Wildman–Crippen LogP) is 4.43.